The van der Waals surface area contributed by atoms with Crippen molar-refractivity contribution >= 4 is 16.3 Å². The van der Waals surface area contributed by atoms with Crippen LogP contribution in [0, 0.1) is 0 Å². The van der Waals surface area contributed by atoms with Crippen LogP contribution in [0.3, 0.4) is 0 Å². The van der Waals surface area contributed by atoms with Gasteiger partial charge >= 0.3 is 16.3 Å². The van der Waals surface area contributed by atoms with E-state index in [-0.39, 0.29) is 6.04 Å². The maximum absolute atomic E-state index is 11.4. The molecule has 1 aliphatic carbocycles. The average Bonchev–Trinajstić information content (AvgIpc) is 1.91. The molecule has 94 valence electrons. The van der Waals surface area contributed by atoms with Gasteiger partial charge in [0.25, 0.3) is 0 Å². The van der Waals surface area contributed by atoms with E-state index in [0.717, 1.165) is 19.3 Å². The minimum atomic E-state index is -3.79. The van der Waals surface area contributed by atoms with Crippen LogP contribution in [0.1, 0.15) is 40.0 Å². The first-order chi connectivity index (χ1) is 7.18. The maximum atomic E-state index is 11.4. The molecule has 0 aliphatic heterocycles. The van der Waals surface area contributed by atoms with Crippen LogP contribution in [0.2, 0.25) is 0 Å². The molecule has 1 rings (SSSR count). The maximum Gasteiger partial charge on any atom is 0.422 e. The number of carbonyl (C=O) groups is 1. The van der Waals surface area contributed by atoms with Crippen molar-refractivity contribution in [2.24, 2.45) is 0 Å². The Kier molecular flexibility index (Phi) is 3.80. The second-order valence-electron chi connectivity index (χ2n) is 4.85. The molecular formula is C9H18N2O4S. The van der Waals surface area contributed by atoms with Gasteiger partial charge < -0.3 is 4.74 Å². The van der Waals surface area contributed by atoms with Crippen molar-refractivity contribution in [2.45, 2.75) is 51.7 Å². The molecule has 0 aromatic rings. The van der Waals surface area contributed by atoms with Gasteiger partial charge in [-0.25, -0.2) is 9.52 Å². The van der Waals surface area contributed by atoms with Crippen molar-refractivity contribution in [1.29, 1.82) is 0 Å². The predicted molar refractivity (Wildman–Crippen MR) is 59.1 cm³/mol. The fraction of sp³-hybridized carbons (Fsp3) is 0.889. The van der Waals surface area contributed by atoms with Crippen LogP contribution in [0.15, 0.2) is 0 Å². The van der Waals surface area contributed by atoms with E-state index >= 15 is 0 Å². The average molecular weight is 250 g/mol. The lowest BCUT2D eigenvalue weighted by molar-refractivity contribution is 0.0569. The standard InChI is InChI=1S/C9H18N2O4S/c1-9(2,3)15-8(12)11-16(13,14)10-7-5-4-6-7/h7,10H,4-6H2,1-3H3,(H,11,12). The molecule has 1 aliphatic rings. The molecule has 16 heavy (non-hydrogen) atoms. The number of ether oxygens (including phenoxy) is 1. The van der Waals surface area contributed by atoms with E-state index in [1.807, 2.05) is 4.72 Å². The number of carbonyl (C=O) groups excluding carboxylic acids is 1. The Bertz CT molecular complexity index is 354. The van der Waals surface area contributed by atoms with Gasteiger partial charge in [-0.05, 0) is 33.6 Å². The second-order valence-corrected chi connectivity index (χ2v) is 6.30. The van der Waals surface area contributed by atoms with Gasteiger partial charge in [-0.3, -0.25) is 0 Å². The molecule has 7 heteroatoms. The van der Waals surface area contributed by atoms with Gasteiger partial charge in [-0.1, -0.05) is 6.42 Å². The summed E-state index contributed by atoms with van der Waals surface area (Å²) in [6.45, 7) is 5.00. The summed E-state index contributed by atoms with van der Waals surface area (Å²) < 4.78 is 31.8. The summed E-state index contributed by atoms with van der Waals surface area (Å²) in [6, 6.07) is -0.0556. The van der Waals surface area contributed by atoms with Crippen molar-refractivity contribution in [3.63, 3.8) is 0 Å². The van der Waals surface area contributed by atoms with Crippen LogP contribution in [-0.2, 0) is 14.9 Å². The van der Waals surface area contributed by atoms with Crippen LogP contribution in [0.5, 0.6) is 0 Å². The second kappa shape index (κ2) is 4.58. The molecule has 0 aromatic heterocycles. The lowest BCUT2D eigenvalue weighted by atomic mass is 9.94. The van der Waals surface area contributed by atoms with Crippen molar-refractivity contribution in [3.05, 3.63) is 0 Å². The Morgan fingerprint density at radius 3 is 2.25 bits per heavy atom. The van der Waals surface area contributed by atoms with E-state index < -0.39 is 21.9 Å². The molecule has 0 saturated heterocycles. The van der Waals surface area contributed by atoms with Gasteiger partial charge in [0.05, 0.1) is 0 Å². The van der Waals surface area contributed by atoms with Gasteiger partial charge in [-0.15, -0.1) is 0 Å². The Morgan fingerprint density at radius 1 is 1.31 bits per heavy atom. The predicted octanol–water partition coefficient (Wildman–Crippen LogP) is 0.898. The third-order valence-corrected chi connectivity index (χ3v) is 3.12. The van der Waals surface area contributed by atoms with Crippen LogP contribution >= 0.6 is 0 Å². The molecule has 0 unspecified atom stereocenters. The Morgan fingerprint density at radius 2 is 1.88 bits per heavy atom. The summed E-state index contributed by atoms with van der Waals surface area (Å²) in [7, 11) is -3.79. The molecule has 1 fully saturated rings. The van der Waals surface area contributed by atoms with Crippen molar-refractivity contribution in [3.8, 4) is 0 Å². The highest BCUT2D eigenvalue weighted by molar-refractivity contribution is 7.88. The zero-order valence-electron chi connectivity index (χ0n) is 9.74. The molecular weight excluding hydrogens is 232 g/mol. The lowest BCUT2D eigenvalue weighted by Crippen LogP contribution is -2.48. The molecule has 1 saturated carbocycles. The monoisotopic (exact) mass is 250 g/mol. The normalized spacial score (nSPS) is 17.7. The summed E-state index contributed by atoms with van der Waals surface area (Å²) in [5.41, 5.74) is -0.712. The van der Waals surface area contributed by atoms with E-state index in [4.69, 9.17) is 4.74 Å². The summed E-state index contributed by atoms with van der Waals surface area (Å²) in [5, 5.41) is 0. The molecule has 0 aromatic carbocycles. The number of rotatable bonds is 3. The van der Waals surface area contributed by atoms with Crippen LogP contribution in [0.25, 0.3) is 0 Å². The molecule has 0 atom stereocenters. The third-order valence-electron chi connectivity index (χ3n) is 2.04. The van der Waals surface area contributed by atoms with E-state index in [0.29, 0.717) is 0 Å². The van der Waals surface area contributed by atoms with Gasteiger partial charge in [0.1, 0.15) is 5.60 Å². The Balaban J connectivity index is 2.42. The summed E-state index contributed by atoms with van der Waals surface area (Å²) in [4.78, 5) is 11.2. The zero-order chi connectivity index (χ0) is 12.4. The first kappa shape index (κ1) is 13.2. The van der Waals surface area contributed by atoms with Gasteiger partial charge in [0.2, 0.25) is 0 Å². The van der Waals surface area contributed by atoms with Crippen LogP contribution in [0.4, 0.5) is 4.79 Å². The molecule has 6 nitrogen and oxygen atoms in total. The minimum absolute atomic E-state index is 0.0556. The van der Waals surface area contributed by atoms with E-state index in [1.165, 1.54) is 0 Å². The molecule has 0 radical (unpaired) electrons. The smallest absolute Gasteiger partial charge is 0.422 e. The summed E-state index contributed by atoms with van der Waals surface area (Å²) in [6.07, 6.45) is 1.68. The van der Waals surface area contributed by atoms with E-state index in [1.54, 1.807) is 20.8 Å². The fourth-order valence-corrected chi connectivity index (χ4v) is 2.18. The Labute approximate surface area is 95.9 Å². The molecule has 2 N–H and O–H groups in total. The summed E-state index contributed by atoms with van der Waals surface area (Å²) in [5.74, 6) is 0. The molecule has 0 bridgehead atoms. The largest absolute Gasteiger partial charge is 0.443 e. The van der Waals surface area contributed by atoms with Crippen LogP contribution in [-0.4, -0.2) is 26.2 Å². The topological polar surface area (TPSA) is 84.5 Å². The van der Waals surface area contributed by atoms with Crippen molar-refractivity contribution in [1.82, 2.24) is 9.44 Å². The number of amides is 1. The first-order valence-corrected chi connectivity index (χ1v) is 6.69. The zero-order valence-corrected chi connectivity index (χ0v) is 10.6. The van der Waals surface area contributed by atoms with E-state index in [2.05, 4.69) is 4.72 Å². The number of hydrogen-bond acceptors (Lipinski definition) is 4. The highest BCUT2D eigenvalue weighted by Crippen LogP contribution is 2.18. The Hall–Kier alpha value is -0.820. The van der Waals surface area contributed by atoms with Crippen LogP contribution < -0.4 is 9.44 Å². The fourth-order valence-electron chi connectivity index (χ4n) is 1.18. The molecule has 1 amide bonds. The third kappa shape index (κ3) is 4.80. The highest BCUT2D eigenvalue weighted by atomic mass is 32.2. The summed E-state index contributed by atoms with van der Waals surface area (Å²) >= 11 is 0. The number of nitrogens with one attached hydrogen (secondary N) is 2. The van der Waals surface area contributed by atoms with Gasteiger partial charge in [0, 0.05) is 6.04 Å². The van der Waals surface area contributed by atoms with Crippen molar-refractivity contribution in [2.75, 3.05) is 0 Å². The van der Waals surface area contributed by atoms with Gasteiger partial charge in [-0.2, -0.15) is 13.1 Å². The molecule has 0 spiro atoms. The molecule has 0 heterocycles. The lowest BCUT2D eigenvalue weighted by Gasteiger charge is -2.26. The highest BCUT2D eigenvalue weighted by Gasteiger charge is 2.26. The quantitative estimate of drug-likeness (QED) is 0.779. The van der Waals surface area contributed by atoms with Gasteiger partial charge in [0.15, 0.2) is 0 Å². The SMILES string of the molecule is CC(C)(C)OC(=O)NS(=O)(=O)NC1CCC1. The minimum Gasteiger partial charge on any atom is -0.443 e. The number of hydrogen-bond donors (Lipinski definition) is 2. The van der Waals surface area contributed by atoms with Crippen molar-refractivity contribution < 1.29 is 17.9 Å². The first-order valence-electron chi connectivity index (χ1n) is 5.21. The van der Waals surface area contributed by atoms with E-state index in [9.17, 15) is 13.2 Å².